The van der Waals surface area contributed by atoms with Gasteiger partial charge in [0.2, 0.25) is 0 Å². The number of nitrogens with one attached hydrogen (secondary N) is 1. The summed E-state index contributed by atoms with van der Waals surface area (Å²) in [7, 11) is 0. The first-order chi connectivity index (χ1) is 8.90. The fourth-order valence-corrected chi connectivity index (χ4v) is 3.22. The quantitative estimate of drug-likeness (QED) is 0.715. The molecule has 0 aromatic heterocycles. The Bertz CT molecular complexity index is 320. The largest absolute Gasteiger partial charge is 0.316 e. The molecule has 0 amide bonds. The Kier molecular flexibility index (Phi) is 5.73. The van der Waals surface area contributed by atoms with Crippen molar-refractivity contribution < 1.29 is 0 Å². The van der Waals surface area contributed by atoms with Crippen LogP contribution in [0.25, 0.3) is 0 Å². The van der Waals surface area contributed by atoms with Crippen LogP contribution in [0.15, 0.2) is 30.3 Å². The lowest BCUT2D eigenvalue weighted by molar-refractivity contribution is 0.348. The number of hydrogen-bond acceptors (Lipinski definition) is 1. The Hall–Kier alpha value is -0.820. The maximum absolute atomic E-state index is 3.61. The zero-order chi connectivity index (χ0) is 12.6. The molecule has 2 atom stereocenters. The van der Waals surface area contributed by atoms with Gasteiger partial charge in [0.15, 0.2) is 0 Å². The zero-order valence-electron chi connectivity index (χ0n) is 11.7. The van der Waals surface area contributed by atoms with E-state index >= 15 is 0 Å². The molecule has 1 fully saturated rings. The van der Waals surface area contributed by atoms with Crippen molar-refractivity contribution in [3.05, 3.63) is 35.9 Å². The van der Waals surface area contributed by atoms with E-state index in [9.17, 15) is 0 Å². The van der Waals surface area contributed by atoms with Crippen LogP contribution in [0.3, 0.4) is 0 Å². The minimum Gasteiger partial charge on any atom is -0.316 e. The molecule has 1 aliphatic carbocycles. The molecule has 1 heteroatoms. The summed E-state index contributed by atoms with van der Waals surface area (Å²) in [6, 6.07) is 10.9. The van der Waals surface area contributed by atoms with Crippen LogP contribution >= 0.6 is 0 Å². The fourth-order valence-electron chi connectivity index (χ4n) is 3.22. The van der Waals surface area contributed by atoms with Gasteiger partial charge in [-0.25, -0.2) is 0 Å². The number of hydrogen-bond donors (Lipinski definition) is 1. The van der Waals surface area contributed by atoms with Gasteiger partial charge in [-0.2, -0.15) is 0 Å². The van der Waals surface area contributed by atoms with Gasteiger partial charge >= 0.3 is 0 Å². The van der Waals surface area contributed by atoms with Gasteiger partial charge in [0, 0.05) is 0 Å². The highest BCUT2D eigenvalue weighted by molar-refractivity contribution is 5.14. The molecular formula is C17H27N. The molecule has 1 saturated carbocycles. The van der Waals surface area contributed by atoms with Crippen molar-refractivity contribution in [2.24, 2.45) is 11.8 Å². The minimum absolute atomic E-state index is 0.931. The van der Waals surface area contributed by atoms with Crippen LogP contribution in [0, 0.1) is 11.8 Å². The molecule has 0 aliphatic heterocycles. The summed E-state index contributed by atoms with van der Waals surface area (Å²) in [4.78, 5) is 0. The molecule has 0 bridgehead atoms. The Balaban J connectivity index is 1.74. The summed E-state index contributed by atoms with van der Waals surface area (Å²) in [6.45, 7) is 4.67. The predicted octanol–water partition coefficient (Wildman–Crippen LogP) is 4.04. The summed E-state index contributed by atoms with van der Waals surface area (Å²) in [6.07, 6.45) is 8.22. The van der Waals surface area contributed by atoms with Gasteiger partial charge in [0.05, 0.1) is 0 Å². The molecule has 0 radical (unpaired) electrons. The maximum atomic E-state index is 3.61. The molecule has 1 aromatic carbocycles. The van der Waals surface area contributed by atoms with Gasteiger partial charge in [-0.05, 0) is 56.2 Å². The van der Waals surface area contributed by atoms with E-state index in [4.69, 9.17) is 0 Å². The Morgan fingerprint density at radius 1 is 1.11 bits per heavy atom. The first-order valence-corrected chi connectivity index (χ1v) is 7.64. The molecule has 0 heterocycles. The lowest BCUT2D eigenvalue weighted by Crippen LogP contribution is -2.26. The molecule has 2 rings (SSSR count). The van der Waals surface area contributed by atoms with Gasteiger partial charge in [-0.15, -0.1) is 0 Å². The lowest BCUT2D eigenvalue weighted by Gasteiger charge is -2.20. The summed E-state index contributed by atoms with van der Waals surface area (Å²) < 4.78 is 0. The van der Waals surface area contributed by atoms with Crippen molar-refractivity contribution >= 4 is 0 Å². The monoisotopic (exact) mass is 245 g/mol. The van der Waals surface area contributed by atoms with Crippen LogP contribution in [0.2, 0.25) is 0 Å². The fraction of sp³-hybridized carbons (Fsp3) is 0.647. The standard InChI is InChI=1S/C17H27N/c1-2-13-18-14-17-10-6-9-16(17)12-11-15-7-4-3-5-8-15/h3-5,7-8,16-18H,2,6,9-14H2,1H3. The van der Waals surface area contributed by atoms with E-state index in [2.05, 4.69) is 42.6 Å². The number of rotatable bonds is 7. The van der Waals surface area contributed by atoms with E-state index in [1.165, 1.54) is 57.2 Å². The predicted molar refractivity (Wildman–Crippen MR) is 78.8 cm³/mol. The van der Waals surface area contributed by atoms with Crippen LogP contribution in [0.5, 0.6) is 0 Å². The van der Waals surface area contributed by atoms with Gasteiger partial charge < -0.3 is 5.32 Å². The molecule has 1 nitrogen and oxygen atoms in total. The number of benzene rings is 1. The molecule has 0 saturated heterocycles. The second kappa shape index (κ2) is 7.58. The Morgan fingerprint density at radius 3 is 2.67 bits per heavy atom. The van der Waals surface area contributed by atoms with Gasteiger partial charge in [-0.1, -0.05) is 50.1 Å². The Morgan fingerprint density at radius 2 is 1.89 bits per heavy atom. The van der Waals surface area contributed by atoms with Crippen molar-refractivity contribution in [3.8, 4) is 0 Å². The molecular weight excluding hydrogens is 218 g/mol. The van der Waals surface area contributed by atoms with E-state index in [1.54, 1.807) is 0 Å². The van der Waals surface area contributed by atoms with Crippen LogP contribution in [-0.4, -0.2) is 13.1 Å². The third kappa shape index (κ3) is 4.13. The molecule has 0 spiro atoms. The minimum atomic E-state index is 0.931. The second-order valence-electron chi connectivity index (χ2n) is 5.68. The topological polar surface area (TPSA) is 12.0 Å². The number of aryl methyl sites for hydroxylation is 1. The van der Waals surface area contributed by atoms with Crippen LogP contribution in [-0.2, 0) is 6.42 Å². The van der Waals surface area contributed by atoms with Gasteiger partial charge in [0.1, 0.15) is 0 Å². The van der Waals surface area contributed by atoms with Crippen molar-refractivity contribution in [2.75, 3.05) is 13.1 Å². The van der Waals surface area contributed by atoms with Crippen LogP contribution < -0.4 is 5.32 Å². The first kappa shape index (κ1) is 13.6. The van der Waals surface area contributed by atoms with E-state index in [-0.39, 0.29) is 0 Å². The van der Waals surface area contributed by atoms with Crippen molar-refractivity contribution in [1.29, 1.82) is 0 Å². The molecule has 1 N–H and O–H groups in total. The van der Waals surface area contributed by atoms with Crippen molar-refractivity contribution in [3.63, 3.8) is 0 Å². The summed E-state index contributed by atoms with van der Waals surface area (Å²) in [5.41, 5.74) is 1.50. The highest BCUT2D eigenvalue weighted by atomic mass is 14.9. The normalized spacial score (nSPS) is 23.4. The third-order valence-electron chi connectivity index (χ3n) is 4.30. The van der Waals surface area contributed by atoms with E-state index in [1.807, 2.05) is 0 Å². The van der Waals surface area contributed by atoms with E-state index in [0.717, 1.165) is 11.8 Å². The second-order valence-corrected chi connectivity index (χ2v) is 5.68. The summed E-state index contributed by atoms with van der Waals surface area (Å²) in [5.74, 6) is 1.88. The van der Waals surface area contributed by atoms with Crippen LogP contribution in [0.4, 0.5) is 0 Å². The maximum Gasteiger partial charge on any atom is -0.00179 e. The highest BCUT2D eigenvalue weighted by Gasteiger charge is 2.26. The van der Waals surface area contributed by atoms with E-state index < -0.39 is 0 Å². The molecule has 1 aromatic rings. The Labute approximate surface area is 112 Å². The summed E-state index contributed by atoms with van der Waals surface area (Å²) >= 11 is 0. The van der Waals surface area contributed by atoms with Gasteiger partial charge in [0.25, 0.3) is 0 Å². The van der Waals surface area contributed by atoms with Crippen LogP contribution in [0.1, 0.15) is 44.6 Å². The zero-order valence-corrected chi connectivity index (χ0v) is 11.7. The lowest BCUT2D eigenvalue weighted by atomic mass is 9.90. The van der Waals surface area contributed by atoms with Gasteiger partial charge in [-0.3, -0.25) is 0 Å². The van der Waals surface area contributed by atoms with E-state index in [0.29, 0.717) is 0 Å². The van der Waals surface area contributed by atoms with Crippen molar-refractivity contribution in [1.82, 2.24) is 5.32 Å². The third-order valence-corrected chi connectivity index (χ3v) is 4.30. The molecule has 100 valence electrons. The average molecular weight is 245 g/mol. The molecule has 18 heavy (non-hydrogen) atoms. The van der Waals surface area contributed by atoms with Crippen molar-refractivity contribution in [2.45, 2.75) is 45.4 Å². The average Bonchev–Trinajstić information content (AvgIpc) is 2.86. The smallest absolute Gasteiger partial charge is 0.00179 e. The highest BCUT2D eigenvalue weighted by Crippen LogP contribution is 2.34. The molecule has 1 aliphatic rings. The SMILES string of the molecule is CCCNCC1CCCC1CCc1ccccc1. The summed E-state index contributed by atoms with van der Waals surface area (Å²) in [5, 5.41) is 3.61. The first-order valence-electron chi connectivity index (χ1n) is 7.64. The molecule has 2 unspecified atom stereocenters.